The molecule has 2 saturated heterocycles. The lowest BCUT2D eigenvalue weighted by Gasteiger charge is -2.41. The quantitative estimate of drug-likeness (QED) is 0.680. The van der Waals surface area contributed by atoms with Gasteiger partial charge in [-0.3, -0.25) is 0 Å². The minimum absolute atomic E-state index is 0.672. The summed E-state index contributed by atoms with van der Waals surface area (Å²) in [5, 5.41) is 3.57. The van der Waals surface area contributed by atoms with Crippen molar-refractivity contribution in [1.82, 2.24) is 10.2 Å². The van der Waals surface area contributed by atoms with E-state index in [0.29, 0.717) is 5.41 Å². The van der Waals surface area contributed by atoms with Gasteiger partial charge in [-0.15, -0.1) is 0 Å². The van der Waals surface area contributed by atoms with Crippen LogP contribution in [0, 0.1) is 11.3 Å². The van der Waals surface area contributed by atoms with Crippen molar-refractivity contribution in [1.29, 1.82) is 0 Å². The highest BCUT2D eigenvalue weighted by Gasteiger charge is 2.44. The van der Waals surface area contributed by atoms with E-state index in [1.165, 1.54) is 51.9 Å². The predicted molar refractivity (Wildman–Crippen MR) is 58.3 cm³/mol. The molecule has 1 atom stereocenters. The highest BCUT2D eigenvalue weighted by atomic mass is 15.2. The van der Waals surface area contributed by atoms with E-state index in [2.05, 4.69) is 17.1 Å². The molecule has 0 aromatic carbocycles. The summed E-state index contributed by atoms with van der Waals surface area (Å²) in [5.41, 5.74) is 0.672. The molecular weight excluding hydrogens is 172 g/mol. The van der Waals surface area contributed by atoms with Crippen LogP contribution >= 0.6 is 0 Å². The third kappa shape index (κ3) is 1.40. The lowest BCUT2D eigenvalue weighted by Crippen LogP contribution is -2.44. The zero-order chi connectivity index (χ0) is 9.60. The Kier molecular flexibility index (Phi) is 2.10. The normalized spacial score (nSPS) is 37.9. The summed E-state index contributed by atoms with van der Waals surface area (Å²) < 4.78 is 0. The van der Waals surface area contributed by atoms with E-state index in [9.17, 15) is 0 Å². The highest BCUT2D eigenvalue weighted by Crippen LogP contribution is 2.43. The van der Waals surface area contributed by atoms with Gasteiger partial charge in [0.15, 0.2) is 0 Å². The van der Waals surface area contributed by atoms with Gasteiger partial charge in [0, 0.05) is 12.6 Å². The minimum Gasteiger partial charge on any atom is -0.316 e. The maximum absolute atomic E-state index is 3.57. The second kappa shape index (κ2) is 3.21. The van der Waals surface area contributed by atoms with Gasteiger partial charge in [0.1, 0.15) is 0 Å². The van der Waals surface area contributed by atoms with Crippen molar-refractivity contribution in [2.75, 3.05) is 26.2 Å². The van der Waals surface area contributed by atoms with Crippen LogP contribution in [0.4, 0.5) is 0 Å². The van der Waals surface area contributed by atoms with Crippen LogP contribution in [0.3, 0.4) is 0 Å². The van der Waals surface area contributed by atoms with Crippen LogP contribution in [0.5, 0.6) is 0 Å². The molecule has 2 aliphatic heterocycles. The summed E-state index contributed by atoms with van der Waals surface area (Å²) in [6, 6.07) is 0.983. The Morgan fingerprint density at radius 1 is 1.21 bits per heavy atom. The molecule has 14 heavy (non-hydrogen) atoms. The van der Waals surface area contributed by atoms with Crippen LogP contribution in [0.25, 0.3) is 0 Å². The minimum atomic E-state index is 0.672. The van der Waals surface area contributed by atoms with Gasteiger partial charge in [0.2, 0.25) is 0 Å². The SMILES string of the molecule is CC1CNCC12CCN(C1CC1)CC2. The molecule has 0 aromatic rings. The Morgan fingerprint density at radius 3 is 2.43 bits per heavy atom. The summed E-state index contributed by atoms with van der Waals surface area (Å²) in [6.45, 7) is 7.72. The Balaban J connectivity index is 1.63. The van der Waals surface area contributed by atoms with Gasteiger partial charge in [-0.1, -0.05) is 6.92 Å². The second-order valence-corrected chi connectivity index (χ2v) is 5.66. The molecule has 80 valence electrons. The number of nitrogens with one attached hydrogen (secondary N) is 1. The molecule has 1 unspecified atom stereocenters. The van der Waals surface area contributed by atoms with Crippen molar-refractivity contribution in [3.63, 3.8) is 0 Å². The standard InChI is InChI=1S/C12H22N2/c1-10-8-13-9-12(10)4-6-14(7-5-12)11-2-3-11/h10-11,13H,2-9H2,1H3. The van der Waals surface area contributed by atoms with Crippen molar-refractivity contribution in [2.24, 2.45) is 11.3 Å². The number of hydrogen-bond acceptors (Lipinski definition) is 2. The van der Waals surface area contributed by atoms with Crippen LogP contribution in [-0.4, -0.2) is 37.1 Å². The molecule has 3 fully saturated rings. The van der Waals surface area contributed by atoms with Crippen molar-refractivity contribution in [3.8, 4) is 0 Å². The fraction of sp³-hybridized carbons (Fsp3) is 1.00. The molecule has 0 aromatic heterocycles. The monoisotopic (exact) mass is 194 g/mol. The van der Waals surface area contributed by atoms with Crippen LogP contribution < -0.4 is 5.32 Å². The van der Waals surface area contributed by atoms with Crippen LogP contribution in [0.1, 0.15) is 32.6 Å². The molecule has 0 amide bonds. The lowest BCUT2D eigenvalue weighted by atomic mass is 9.71. The first-order valence-corrected chi connectivity index (χ1v) is 6.25. The average Bonchev–Trinajstić information content (AvgIpc) is 2.97. The second-order valence-electron chi connectivity index (χ2n) is 5.66. The lowest BCUT2D eigenvalue weighted by molar-refractivity contribution is 0.0832. The smallest absolute Gasteiger partial charge is 0.00964 e. The van der Waals surface area contributed by atoms with Crippen molar-refractivity contribution in [3.05, 3.63) is 0 Å². The summed E-state index contributed by atoms with van der Waals surface area (Å²) in [7, 11) is 0. The predicted octanol–water partition coefficient (Wildman–Crippen LogP) is 1.47. The molecule has 1 saturated carbocycles. The van der Waals surface area contributed by atoms with Crippen LogP contribution in [-0.2, 0) is 0 Å². The molecule has 3 aliphatic rings. The van der Waals surface area contributed by atoms with Crippen molar-refractivity contribution in [2.45, 2.75) is 38.6 Å². The molecule has 0 radical (unpaired) electrons. The van der Waals surface area contributed by atoms with Crippen LogP contribution in [0.2, 0.25) is 0 Å². The number of hydrogen-bond donors (Lipinski definition) is 1. The maximum Gasteiger partial charge on any atom is 0.00964 e. The number of rotatable bonds is 1. The first kappa shape index (κ1) is 9.17. The van der Waals surface area contributed by atoms with Gasteiger partial charge in [-0.2, -0.15) is 0 Å². The first-order chi connectivity index (χ1) is 6.80. The van der Waals surface area contributed by atoms with E-state index in [4.69, 9.17) is 0 Å². The van der Waals surface area contributed by atoms with Gasteiger partial charge in [-0.25, -0.2) is 0 Å². The average molecular weight is 194 g/mol. The molecule has 2 heterocycles. The van der Waals surface area contributed by atoms with E-state index in [-0.39, 0.29) is 0 Å². The Labute approximate surface area is 87.0 Å². The number of likely N-dealkylation sites (tertiary alicyclic amines) is 1. The first-order valence-electron chi connectivity index (χ1n) is 6.25. The third-order valence-corrected chi connectivity index (χ3v) is 4.83. The molecule has 1 N–H and O–H groups in total. The summed E-state index contributed by atoms with van der Waals surface area (Å²) in [4.78, 5) is 2.73. The number of piperidine rings is 1. The Bertz CT molecular complexity index is 214. The highest BCUT2D eigenvalue weighted by molar-refractivity contribution is 4.98. The molecule has 0 bridgehead atoms. The molecular formula is C12H22N2. The van der Waals surface area contributed by atoms with E-state index in [1.807, 2.05) is 0 Å². The fourth-order valence-corrected chi connectivity index (χ4v) is 3.37. The molecule has 1 aliphatic carbocycles. The van der Waals surface area contributed by atoms with Gasteiger partial charge in [0.25, 0.3) is 0 Å². The van der Waals surface area contributed by atoms with Crippen LogP contribution in [0.15, 0.2) is 0 Å². The zero-order valence-corrected chi connectivity index (χ0v) is 9.26. The van der Waals surface area contributed by atoms with E-state index < -0.39 is 0 Å². The molecule has 2 heteroatoms. The van der Waals surface area contributed by atoms with E-state index >= 15 is 0 Å². The molecule has 2 nitrogen and oxygen atoms in total. The van der Waals surface area contributed by atoms with Crippen molar-refractivity contribution >= 4 is 0 Å². The van der Waals surface area contributed by atoms with Crippen molar-refractivity contribution < 1.29 is 0 Å². The summed E-state index contributed by atoms with van der Waals surface area (Å²) in [6.07, 6.45) is 5.83. The van der Waals surface area contributed by atoms with Gasteiger partial charge >= 0.3 is 0 Å². The Morgan fingerprint density at radius 2 is 1.93 bits per heavy atom. The Hall–Kier alpha value is -0.0800. The molecule has 1 spiro atoms. The largest absolute Gasteiger partial charge is 0.316 e. The topological polar surface area (TPSA) is 15.3 Å². The van der Waals surface area contributed by atoms with E-state index in [0.717, 1.165) is 12.0 Å². The summed E-state index contributed by atoms with van der Waals surface area (Å²) >= 11 is 0. The summed E-state index contributed by atoms with van der Waals surface area (Å²) in [5.74, 6) is 0.906. The fourth-order valence-electron chi connectivity index (χ4n) is 3.37. The third-order valence-electron chi connectivity index (χ3n) is 4.83. The molecule has 3 rings (SSSR count). The van der Waals surface area contributed by atoms with E-state index in [1.54, 1.807) is 0 Å². The van der Waals surface area contributed by atoms with Gasteiger partial charge in [0.05, 0.1) is 0 Å². The number of nitrogens with zero attached hydrogens (tertiary/aromatic N) is 1. The van der Waals surface area contributed by atoms with Gasteiger partial charge < -0.3 is 10.2 Å². The maximum atomic E-state index is 3.57. The zero-order valence-electron chi connectivity index (χ0n) is 9.26. The van der Waals surface area contributed by atoms with Gasteiger partial charge in [-0.05, 0) is 56.7 Å².